The molecule has 0 fully saturated rings. The molecule has 0 radical (unpaired) electrons. The Labute approximate surface area is 121 Å². The van der Waals surface area contributed by atoms with Crippen molar-refractivity contribution in [2.75, 3.05) is 0 Å². The number of benzene rings is 2. The van der Waals surface area contributed by atoms with Crippen LogP contribution in [0.1, 0.15) is 1.43 Å². The molecular weight excluding hydrogens is 227 g/mol. The zero-order chi connectivity index (χ0) is 11.0. The number of furan rings is 1. The first-order valence-corrected chi connectivity index (χ1v) is 4.90. The van der Waals surface area contributed by atoms with Crippen LogP contribution >= 0.6 is 0 Å². The van der Waals surface area contributed by atoms with Crippen molar-refractivity contribution in [3.05, 3.63) is 42.5 Å². The summed E-state index contributed by atoms with van der Waals surface area (Å²) in [5.74, 6) is 0.522. The van der Waals surface area contributed by atoms with Gasteiger partial charge in [0, 0.05) is 10.8 Å². The van der Waals surface area contributed by atoms with Crippen molar-refractivity contribution >= 4 is 28.4 Å². The molecule has 0 aliphatic rings. The van der Waals surface area contributed by atoms with Gasteiger partial charge in [0.2, 0.25) is 0 Å². The zero-order valence-electron chi connectivity index (χ0n) is 10.3. The van der Waals surface area contributed by atoms with E-state index in [1.54, 1.807) is 18.2 Å². The number of para-hydroxylation sites is 1. The van der Waals surface area contributed by atoms with Crippen LogP contribution in [0.5, 0.6) is 5.75 Å². The predicted octanol–water partition coefficient (Wildman–Crippen LogP) is 0.238. The van der Waals surface area contributed by atoms with Crippen LogP contribution in [0.2, 0.25) is 0 Å². The Balaban J connectivity index is 0.000000810. The number of carbonyl (C=O) groups is 1. The quantitative estimate of drug-likeness (QED) is 0.472. The predicted molar refractivity (Wildman–Crippen MR) is 61.5 cm³/mol. The average molecular weight is 236 g/mol. The van der Waals surface area contributed by atoms with Crippen LogP contribution in [0, 0.1) is 0 Å². The van der Waals surface area contributed by atoms with Crippen molar-refractivity contribution in [2.24, 2.45) is 0 Å². The summed E-state index contributed by atoms with van der Waals surface area (Å²) in [7, 11) is 0. The molecule has 1 heterocycles. The molecule has 3 nitrogen and oxygen atoms in total. The second-order valence-corrected chi connectivity index (χ2v) is 3.47. The monoisotopic (exact) mass is 236 g/mol. The molecule has 4 heteroatoms. The Bertz CT molecular complexity index is 678. The second kappa shape index (κ2) is 4.92. The number of rotatable bonds is 2. The summed E-state index contributed by atoms with van der Waals surface area (Å²) in [5.41, 5.74) is 1.63. The van der Waals surface area contributed by atoms with Crippen LogP contribution in [-0.4, -0.2) is 6.47 Å². The summed E-state index contributed by atoms with van der Waals surface area (Å²) in [6, 6.07) is 13.1. The van der Waals surface area contributed by atoms with E-state index >= 15 is 0 Å². The summed E-state index contributed by atoms with van der Waals surface area (Å²) in [4.78, 5) is 10.3. The van der Waals surface area contributed by atoms with Crippen LogP contribution in [-0.2, 0) is 4.79 Å². The molecule has 0 saturated carbocycles. The third kappa shape index (κ3) is 2.09. The molecule has 80 valence electrons. The summed E-state index contributed by atoms with van der Waals surface area (Å²) < 4.78 is 10.5. The standard InChI is InChI=1S/C13H8O3.Na.H/c14-8-15-9-5-6-13-11(7-9)10-3-1-2-4-12(10)16-13;;/h1-8H;;/q;+1;-1. The molecule has 0 unspecified atom stereocenters. The van der Waals surface area contributed by atoms with Gasteiger partial charge in [-0.1, -0.05) is 18.2 Å². The largest absolute Gasteiger partial charge is 1.00 e. The first-order valence-electron chi connectivity index (χ1n) is 4.90. The molecule has 1 aromatic heterocycles. The summed E-state index contributed by atoms with van der Waals surface area (Å²) in [6.07, 6.45) is 0. The molecule has 0 aliphatic heterocycles. The van der Waals surface area contributed by atoms with Crippen molar-refractivity contribution in [3.8, 4) is 5.75 Å². The van der Waals surface area contributed by atoms with E-state index < -0.39 is 0 Å². The molecule has 0 aliphatic carbocycles. The van der Waals surface area contributed by atoms with Crippen LogP contribution in [0.25, 0.3) is 21.9 Å². The van der Waals surface area contributed by atoms with Gasteiger partial charge in [0.1, 0.15) is 16.9 Å². The van der Waals surface area contributed by atoms with Crippen LogP contribution in [0.3, 0.4) is 0 Å². The van der Waals surface area contributed by atoms with E-state index in [0.29, 0.717) is 12.2 Å². The van der Waals surface area contributed by atoms with Gasteiger partial charge in [-0.3, -0.25) is 4.79 Å². The zero-order valence-corrected chi connectivity index (χ0v) is 11.3. The van der Waals surface area contributed by atoms with Gasteiger partial charge in [-0.05, 0) is 24.3 Å². The molecule has 0 spiro atoms. The van der Waals surface area contributed by atoms with Crippen molar-refractivity contribution in [2.45, 2.75) is 0 Å². The Morgan fingerprint density at radius 1 is 1.06 bits per heavy atom. The molecule has 3 aromatic rings. The maximum Gasteiger partial charge on any atom is 1.00 e. The molecular formula is C13H9NaO3. The van der Waals surface area contributed by atoms with E-state index in [0.717, 1.165) is 21.9 Å². The van der Waals surface area contributed by atoms with Crippen molar-refractivity contribution in [1.29, 1.82) is 0 Å². The van der Waals surface area contributed by atoms with Crippen LogP contribution < -0.4 is 34.3 Å². The van der Waals surface area contributed by atoms with Gasteiger partial charge in [-0.15, -0.1) is 0 Å². The number of fused-ring (bicyclic) bond motifs is 3. The third-order valence-corrected chi connectivity index (χ3v) is 2.53. The maximum absolute atomic E-state index is 10.3. The molecule has 0 atom stereocenters. The minimum atomic E-state index is 0. The fourth-order valence-electron chi connectivity index (χ4n) is 1.83. The van der Waals surface area contributed by atoms with Crippen molar-refractivity contribution < 1.29 is 44.9 Å². The van der Waals surface area contributed by atoms with E-state index in [4.69, 9.17) is 9.15 Å². The Morgan fingerprint density at radius 2 is 1.82 bits per heavy atom. The van der Waals surface area contributed by atoms with E-state index in [2.05, 4.69) is 0 Å². The van der Waals surface area contributed by atoms with E-state index in [-0.39, 0.29) is 31.0 Å². The van der Waals surface area contributed by atoms with E-state index in [1.807, 2.05) is 24.3 Å². The van der Waals surface area contributed by atoms with Crippen LogP contribution in [0.4, 0.5) is 0 Å². The Kier molecular flexibility index (Phi) is 3.52. The van der Waals surface area contributed by atoms with Gasteiger partial charge in [0.25, 0.3) is 6.47 Å². The van der Waals surface area contributed by atoms with Gasteiger partial charge >= 0.3 is 29.6 Å². The maximum atomic E-state index is 10.3. The van der Waals surface area contributed by atoms with Gasteiger partial charge < -0.3 is 10.6 Å². The van der Waals surface area contributed by atoms with Crippen molar-refractivity contribution in [1.82, 2.24) is 0 Å². The van der Waals surface area contributed by atoms with E-state index in [9.17, 15) is 4.79 Å². The first-order chi connectivity index (χ1) is 7.88. The molecule has 0 N–H and O–H groups in total. The van der Waals surface area contributed by atoms with Crippen molar-refractivity contribution in [3.63, 3.8) is 0 Å². The molecule has 0 bridgehead atoms. The fourth-order valence-corrected chi connectivity index (χ4v) is 1.83. The summed E-state index contributed by atoms with van der Waals surface area (Å²) >= 11 is 0. The molecule has 3 rings (SSSR count). The smallest absolute Gasteiger partial charge is 1.00 e. The number of ether oxygens (including phenoxy) is 1. The average Bonchev–Trinajstić information content (AvgIpc) is 2.68. The van der Waals surface area contributed by atoms with Gasteiger partial charge in [-0.2, -0.15) is 0 Å². The summed E-state index contributed by atoms with van der Waals surface area (Å²) in [6.45, 7) is 0.420. The van der Waals surface area contributed by atoms with Gasteiger partial charge in [0.05, 0.1) is 0 Å². The number of hydrogen-bond donors (Lipinski definition) is 0. The molecule has 2 aromatic carbocycles. The van der Waals surface area contributed by atoms with E-state index in [1.165, 1.54) is 0 Å². The second-order valence-electron chi connectivity index (χ2n) is 3.47. The number of hydrogen-bond acceptors (Lipinski definition) is 3. The normalized spacial score (nSPS) is 10.1. The number of carbonyl (C=O) groups excluding carboxylic acids is 1. The van der Waals surface area contributed by atoms with Gasteiger partial charge in [-0.25, -0.2) is 0 Å². The minimum absolute atomic E-state index is 0. The fraction of sp³-hybridized carbons (Fsp3) is 0. The molecule has 0 saturated heterocycles. The minimum Gasteiger partial charge on any atom is -1.00 e. The summed E-state index contributed by atoms with van der Waals surface area (Å²) in [5, 5.41) is 1.98. The molecule has 17 heavy (non-hydrogen) atoms. The Hall–Kier alpha value is -1.29. The first kappa shape index (κ1) is 12.2. The Morgan fingerprint density at radius 3 is 2.65 bits per heavy atom. The SMILES string of the molecule is O=COc1ccc2oc3ccccc3c2c1.[H-].[Na+]. The molecule has 0 amide bonds. The topological polar surface area (TPSA) is 39.4 Å². The van der Waals surface area contributed by atoms with Crippen LogP contribution in [0.15, 0.2) is 46.9 Å². The van der Waals surface area contributed by atoms with Gasteiger partial charge in [0.15, 0.2) is 0 Å². The third-order valence-electron chi connectivity index (χ3n) is 2.53.